The van der Waals surface area contributed by atoms with E-state index in [1.807, 2.05) is 0 Å². The molecule has 1 aromatic heterocycles. The van der Waals surface area contributed by atoms with E-state index < -0.39 is 58.3 Å². The molecule has 1 unspecified atom stereocenters. The van der Waals surface area contributed by atoms with Gasteiger partial charge in [-0.05, 0) is 49.7 Å². The van der Waals surface area contributed by atoms with Gasteiger partial charge >= 0.3 is 12.1 Å². The summed E-state index contributed by atoms with van der Waals surface area (Å²) in [5.41, 5.74) is 3.64. The van der Waals surface area contributed by atoms with Gasteiger partial charge in [-0.1, -0.05) is 18.2 Å². The van der Waals surface area contributed by atoms with E-state index >= 15 is 4.39 Å². The van der Waals surface area contributed by atoms with Gasteiger partial charge in [0.05, 0.1) is 30.2 Å². The number of primary amides is 1. The molecule has 2 saturated heterocycles. The van der Waals surface area contributed by atoms with Gasteiger partial charge in [-0.2, -0.15) is 13.2 Å². The number of benzene rings is 2. The number of amides is 2. The van der Waals surface area contributed by atoms with Gasteiger partial charge in [-0.25, -0.2) is 27.3 Å². The van der Waals surface area contributed by atoms with E-state index in [1.165, 1.54) is 4.90 Å². The molecule has 0 bridgehead atoms. The average Bonchev–Trinajstić information content (AvgIpc) is 3.65. The number of alkyl halides is 5. The molecule has 3 heterocycles. The van der Waals surface area contributed by atoms with Crippen molar-refractivity contribution in [1.82, 2.24) is 9.88 Å². The van der Waals surface area contributed by atoms with E-state index in [1.54, 1.807) is 30.0 Å². The highest BCUT2D eigenvalue weighted by atomic mass is 32.1. The fourth-order valence-electron chi connectivity index (χ4n) is 8.27. The summed E-state index contributed by atoms with van der Waals surface area (Å²) < 4.78 is 111. The van der Waals surface area contributed by atoms with Crippen molar-refractivity contribution < 1.29 is 54.6 Å². The third-order valence-corrected chi connectivity index (χ3v) is 12.4. The number of anilines is 1. The van der Waals surface area contributed by atoms with Crippen molar-refractivity contribution in [3.8, 4) is 0 Å². The molecule has 53 heavy (non-hydrogen) atoms. The zero-order valence-corrected chi connectivity index (χ0v) is 29.5. The number of nitrogens with two attached hydrogens (primary N) is 1. The predicted molar refractivity (Wildman–Crippen MR) is 179 cm³/mol. The number of hydrogen-bond acceptors (Lipinski definition) is 8. The molecular formula is C36H37F7N4O5S. The molecule has 2 amide bonds. The van der Waals surface area contributed by atoms with Crippen LogP contribution >= 0.6 is 11.3 Å². The Kier molecular flexibility index (Phi) is 9.43. The summed E-state index contributed by atoms with van der Waals surface area (Å²) in [6.45, 7) is 1.76. The maximum absolute atomic E-state index is 15.0. The number of carbonyl (C=O) groups excluding carboxylic acids is 3. The number of thiazole rings is 1. The molecule has 2 aliphatic heterocycles. The maximum Gasteiger partial charge on any atom is 0.403 e. The van der Waals surface area contributed by atoms with Crippen LogP contribution in [0.5, 0.6) is 0 Å². The Hall–Kier alpha value is -3.99. The Morgan fingerprint density at radius 3 is 2.38 bits per heavy atom. The van der Waals surface area contributed by atoms with Crippen LogP contribution in [0.1, 0.15) is 82.7 Å². The molecule has 2 aromatic carbocycles. The second kappa shape index (κ2) is 13.4. The highest BCUT2D eigenvalue weighted by Crippen LogP contribution is 2.60. The van der Waals surface area contributed by atoms with Crippen LogP contribution in [0, 0.1) is 28.4 Å². The lowest BCUT2D eigenvalue weighted by Crippen LogP contribution is -2.65. The molecule has 2 N–H and O–H groups in total. The first kappa shape index (κ1) is 37.3. The predicted octanol–water partition coefficient (Wildman–Crippen LogP) is 6.97. The molecule has 3 aromatic rings. The van der Waals surface area contributed by atoms with Gasteiger partial charge in [0.2, 0.25) is 22.7 Å². The Morgan fingerprint density at radius 2 is 1.75 bits per heavy atom. The number of rotatable bonds is 10. The van der Waals surface area contributed by atoms with Crippen LogP contribution in [-0.2, 0) is 20.9 Å². The summed E-state index contributed by atoms with van der Waals surface area (Å²) >= 11 is 0.821. The van der Waals surface area contributed by atoms with Crippen LogP contribution < -0.4 is 10.6 Å². The Labute approximate surface area is 303 Å². The Balaban J connectivity index is 1.15. The van der Waals surface area contributed by atoms with Gasteiger partial charge in [0.25, 0.3) is 0 Å². The average molecular weight is 771 g/mol. The van der Waals surface area contributed by atoms with Crippen LogP contribution in [0.2, 0.25) is 0 Å². The van der Waals surface area contributed by atoms with Gasteiger partial charge in [-0.3, -0.25) is 9.59 Å². The first-order valence-electron chi connectivity index (χ1n) is 17.4. The maximum atomic E-state index is 15.0. The minimum absolute atomic E-state index is 0.00457. The van der Waals surface area contributed by atoms with Crippen LogP contribution in [0.4, 0.5) is 36.4 Å². The van der Waals surface area contributed by atoms with Gasteiger partial charge < -0.3 is 25.0 Å². The Bertz CT molecular complexity index is 1950. The molecule has 7 rings (SSSR count). The normalized spacial score (nSPS) is 21.9. The molecule has 2 aliphatic carbocycles. The van der Waals surface area contributed by atoms with Crippen molar-refractivity contribution in [3.63, 3.8) is 0 Å². The highest BCUT2D eigenvalue weighted by molar-refractivity contribution is 7.20. The molecule has 1 spiro atoms. The number of hydrogen-bond donors (Lipinski definition) is 1. The number of fused-ring (bicyclic) bond motifs is 1. The van der Waals surface area contributed by atoms with E-state index in [2.05, 4.69) is 4.98 Å². The van der Waals surface area contributed by atoms with Crippen molar-refractivity contribution in [2.75, 3.05) is 44.3 Å². The monoisotopic (exact) mass is 770 g/mol. The summed E-state index contributed by atoms with van der Waals surface area (Å²) in [4.78, 5) is 45.2. The minimum atomic E-state index is -4.69. The molecular weight excluding hydrogens is 733 g/mol. The van der Waals surface area contributed by atoms with Crippen LogP contribution in [0.25, 0.3) is 10.2 Å². The minimum Gasteiger partial charge on any atom is -0.461 e. The fraction of sp³-hybridized carbons (Fsp3) is 0.556. The second-order valence-electron chi connectivity index (χ2n) is 14.7. The largest absolute Gasteiger partial charge is 0.461 e. The zero-order chi connectivity index (χ0) is 38.1. The third kappa shape index (κ3) is 6.61. The van der Waals surface area contributed by atoms with E-state index in [4.69, 9.17) is 15.2 Å². The molecule has 4 aliphatic rings. The number of ether oxygens (including phenoxy) is 2. The van der Waals surface area contributed by atoms with Crippen molar-refractivity contribution in [3.05, 3.63) is 57.6 Å². The highest BCUT2D eigenvalue weighted by Gasteiger charge is 2.71. The van der Waals surface area contributed by atoms with Crippen molar-refractivity contribution in [2.45, 2.75) is 70.1 Å². The number of likely N-dealkylation sites (tertiary alicyclic amines) is 1. The van der Waals surface area contributed by atoms with E-state index in [0.717, 1.165) is 17.4 Å². The standard InChI is InChI=1S/C36H37F7N4O5S/c1-2-52-31(49)30-45-27-26(38)23(37)12-24(28(27)53-30)46-13-21(33(16-46)17-47(18-33)32(50)34(10-11-34)36(41,42)43)15-51-14-20-4-3-5-22(25(20)29(44)48)19-6-8-35(39,40)9-7-19/h3-5,12,19,21H,2,6-11,13-18H2,1H3,(H2,44,48). The third-order valence-electron chi connectivity index (χ3n) is 11.3. The van der Waals surface area contributed by atoms with Gasteiger partial charge in [0.15, 0.2) is 11.6 Å². The molecule has 286 valence electrons. The SMILES string of the molecule is CCOC(=O)c1nc2c(F)c(F)cc(N3CC(COCc4cccc(C5CCC(F)(F)CC5)c4C(N)=O)C4(CN(C(=O)C5(C(F)(F)F)CC5)C4)C3)c2s1. The summed E-state index contributed by atoms with van der Waals surface area (Å²) in [6, 6.07) is 6.03. The number of carbonyl (C=O) groups is 3. The smallest absolute Gasteiger partial charge is 0.403 e. The van der Waals surface area contributed by atoms with Gasteiger partial charge in [0, 0.05) is 62.0 Å². The first-order valence-corrected chi connectivity index (χ1v) is 18.2. The number of aromatic nitrogens is 1. The molecule has 2 saturated carbocycles. The first-order chi connectivity index (χ1) is 25.0. The summed E-state index contributed by atoms with van der Waals surface area (Å²) in [5.74, 6) is -8.50. The van der Waals surface area contributed by atoms with Crippen molar-refractivity contribution >= 4 is 45.0 Å². The van der Waals surface area contributed by atoms with Gasteiger partial charge in [0.1, 0.15) is 10.9 Å². The quantitative estimate of drug-likeness (QED) is 0.175. The van der Waals surface area contributed by atoms with Crippen molar-refractivity contribution in [2.24, 2.45) is 22.5 Å². The lowest BCUT2D eigenvalue weighted by atomic mass is 9.71. The summed E-state index contributed by atoms with van der Waals surface area (Å²) in [7, 11) is 0. The number of nitrogens with zero attached hydrogens (tertiary/aromatic N) is 3. The lowest BCUT2D eigenvalue weighted by Gasteiger charge is -2.52. The number of esters is 1. The molecule has 17 heteroatoms. The number of halogens is 7. The molecule has 4 fully saturated rings. The Morgan fingerprint density at radius 1 is 1.06 bits per heavy atom. The van der Waals surface area contributed by atoms with Crippen molar-refractivity contribution in [1.29, 1.82) is 0 Å². The van der Waals surface area contributed by atoms with Gasteiger partial charge in [-0.15, -0.1) is 11.3 Å². The topological polar surface area (TPSA) is 115 Å². The van der Waals surface area contributed by atoms with E-state index in [0.29, 0.717) is 11.1 Å². The van der Waals surface area contributed by atoms with Crippen LogP contribution in [0.3, 0.4) is 0 Å². The zero-order valence-electron chi connectivity index (χ0n) is 28.7. The van der Waals surface area contributed by atoms with Crippen LogP contribution in [0.15, 0.2) is 24.3 Å². The molecule has 0 radical (unpaired) electrons. The molecule has 1 atom stereocenters. The van der Waals surface area contributed by atoms with E-state index in [-0.39, 0.29) is 117 Å². The van der Waals surface area contributed by atoms with Crippen LogP contribution in [-0.4, -0.2) is 79.2 Å². The second-order valence-corrected chi connectivity index (χ2v) is 15.7. The molecule has 9 nitrogen and oxygen atoms in total. The van der Waals surface area contributed by atoms with E-state index in [9.17, 15) is 40.7 Å². The lowest BCUT2D eigenvalue weighted by molar-refractivity contribution is -0.205. The fourth-order valence-corrected chi connectivity index (χ4v) is 9.27. The summed E-state index contributed by atoms with van der Waals surface area (Å²) in [5, 5.41) is -0.182. The summed E-state index contributed by atoms with van der Waals surface area (Å²) in [6.07, 6.45) is -5.52.